The minimum Gasteiger partial charge on any atom is -0.365 e. The molecule has 7 heteroatoms. The summed E-state index contributed by atoms with van der Waals surface area (Å²) in [5.41, 5.74) is 6.08. The van der Waals surface area contributed by atoms with E-state index in [2.05, 4.69) is 17.1 Å². The molecule has 0 aliphatic heterocycles. The molecule has 2 N–H and O–H groups in total. The number of aromatic nitrogens is 1. The average Bonchev–Trinajstić information content (AvgIpc) is 3.10. The van der Waals surface area contributed by atoms with Gasteiger partial charge in [-0.25, -0.2) is 4.98 Å². The Kier molecular flexibility index (Phi) is 4.65. The van der Waals surface area contributed by atoms with Gasteiger partial charge < -0.3 is 10.6 Å². The zero-order chi connectivity index (χ0) is 18.0. The Bertz CT molecular complexity index is 794. The Morgan fingerprint density at radius 3 is 2.64 bits per heavy atom. The molecule has 2 aromatic rings. The first-order valence-corrected chi connectivity index (χ1v) is 8.21. The van der Waals surface area contributed by atoms with Crippen molar-refractivity contribution in [3.05, 3.63) is 63.8 Å². The number of hydrogen-bond acceptors (Lipinski definition) is 5. The lowest BCUT2D eigenvalue weighted by molar-refractivity contribution is -0.384. The molecular formula is C18H20N4O3. The lowest BCUT2D eigenvalue weighted by Crippen LogP contribution is -2.35. The van der Waals surface area contributed by atoms with Gasteiger partial charge in [0, 0.05) is 25.2 Å². The van der Waals surface area contributed by atoms with Crippen LogP contribution in [0.4, 0.5) is 11.5 Å². The van der Waals surface area contributed by atoms with Gasteiger partial charge in [0.15, 0.2) is 0 Å². The highest BCUT2D eigenvalue weighted by Crippen LogP contribution is 2.40. The third kappa shape index (κ3) is 3.17. The summed E-state index contributed by atoms with van der Waals surface area (Å²) < 4.78 is 0. The number of hydrogen-bond donors (Lipinski definition) is 1. The molecule has 1 fully saturated rings. The molecule has 2 atom stereocenters. The van der Waals surface area contributed by atoms with Crippen molar-refractivity contribution in [3.63, 3.8) is 0 Å². The number of pyridine rings is 1. The maximum atomic E-state index is 11.6. The highest BCUT2D eigenvalue weighted by Gasteiger charge is 2.36. The summed E-state index contributed by atoms with van der Waals surface area (Å²) in [6.45, 7) is 0. The Balaban J connectivity index is 2.00. The molecule has 1 aromatic carbocycles. The van der Waals surface area contributed by atoms with E-state index in [1.807, 2.05) is 23.1 Å². The fourth-order valence-corrected chi connectivity index (χ4v) is 3.73. The average molecular weight is 340 g/mol. The van der Waals surface area contributed by atoms with E-state index in [1.165, 1.54) is 17.8 Å². The molecular weight excluding hydrogens is 320 g/mol. The molecule has 1 saturated carbocycles. The van der Waals surface area contributed by atoms with Crippen LogP contribution in [0.15, 0.2) is 42.6 Å². The van der Waals surface area contributed by atoms with E-state index < -0.39 is 10.8 Å². The highest BCUT2D eigenvalue weighted by atomic mass is 16.6. The molecule has 7 nitrogen and oxygen atoms in total. The topological polar surface area (TPSA) is 102 Å². The number of nitro groups is 1. The van der Waals surface area contributed by atoms with Crippen molar-refractivity contribution >= 4 is 17.4 Å². The Labute approximate surface area is 145 Å². The Morgan fingerprint density at radius 2 is 2.00 bits per heavy atom. The Morgan fingerprint density at radius 1 is 1.28 bits per heavy atom. The van der Waals surface area contributed by atoms with E-state index in [1.54, 1.807) is 7.05 Å². The number of primary amides is 1. The monoisotopic (exact) mass is 340 g/mol. The van der Waals surface area contributed by atoms with E-state index >= 15 is 0 Å². The molecule has 1 aliphatic rings. The molecule has 3 rings (SSSR count). The summed E-state index contributed by atoms with van der Waals surface area (Å²) >= 11 is 0. The maximum absolute atomic E-state index is 11.6. The molecule has 130 valence electrons. The number of anilines is 1. The van der Waals surface area contributed by atoms with Crippen LogP contribution in [0, 0.1) is 10.1 Å². The van der Waals surface area contributed by atoms with Gasteiger partial charge in [0.2, 0.25) is 5.82 Å². The van der Waals surface area contributed by atoms with E-state index in [9.17, 15) is 14.9 Å². The predicted octanol–water partition coefficient (Wildman–Crippen LogP) is 2.86. The normalized spacial score (nSPS) is 19.6. The van der Waals surface area contributed by atoms with Gasteiger partial charge in [-0.2, -0.15) is 0 Å². The summed E-state index contributed by atoms with van der Waals surface area (Å²) in [4.78, 5) is 28.6. The van der Waals surface area contributed by atoms with E-state index in [0.29, 0.717) is 0 Å². The predicted molar refractivity (Wildman–Crippen MR) is 94.6 cm³/mol. The molecule has 1 amide bonds. The maximum Gasteiger partial charge on any atom is 0.324 e. The summed E-state index contributed by atoms with van der Waals surface area (Å²) in [6, 6.07) is 11.5. The first-order chi connectivity index (χ1) is 12.0. The van der Waals surface area contributed by atoms with E-state index in [4.69, 9.17) is 5.73 Å². The molecule has 1 aliphatic carbocycles. The summed E-state index contributed by atoms with van der Waals surface area (Å²) in [7, 11) is 1.80. The van der Waals surface area contributed by atoms with Crippen LogP contribution >= 0.6 is 0 Å². The van der Waals surface area contributed by atoms with Gasteiger partial charge >= 0.3 is 5.69 Å². The number of rotatable bonds is 5. The van der Waals surface area contributed by atoms with Gasteiger partial charge in [-0.1, -0.05) is 36.8 Å². The number of carbonyl (C=O) groups excluding carboxylic acids is 1. The Hall–Kier alpha value is -2.96. The minimum atomic E-state index is -0.824. The SMILES string of the molecule is CN(c1nccc(C(N)=O)c1[N+](=O)[O-])[C@@H]1CCC[C@@H]1c1ccccc1. The standard InChI is InChI=1S/C18H20N4O3/c1-21(15-9-5-8-13(15)12-6-3-2-4-7-12)18-16(22(24)25)14(17(19)23)10-11-20-18/h2-4,6-7,10-11,13,15H,5,8-9H2,1H3,(H2,19,23)/t13-,15-/m1/s1. The van der Waals surface area contributed by atoms with E-state index in [0.717, 1.165) is 19.3 Å². The van der Waals surface area contributed by atoms with Crippen molar-refractivity contribution in [2.45, 2.75) is 31.2 Å². The van der Waals surface area contributed by atoms with Gasteiger partial charge in [-0.15, -0.1) is 0 Å². The third-order valence-corrected chi connectivity index (χ3v) is 4.89. The molecule has 1 heterocycles. The van der Waals surface area contributed by atoms with Crippen molar-refractivity contribution in [2.24, 2.45) is 5.73 Å². The van der Waals surface area contributed by atoms with Gasteiger partial charge in [0.25, 0.3) is 5.91 Å². The molecule has 0 unspecified atom stereocenters. The zero-order valence-corrected chi connectivity index (χ0v) is 14.0. The van der Waals surface area contributed by atoms with Crippen LogP contribution in [0.3, 0.4) is 0 Å². The van der Waals surface area contributed by atoms with Crippen molar-refractivity contribution in [2.75, 3.05) is 11.9 Å². The first-order valence-electron chi connectivity index (χ1n) is 8.21. The lowest BCUT2D eigenvalue weighted by atomic mass is 9.93. The number of likely N-dealkylation sites (N-methyl/N-ethyl adjacent to an activating group) is 1. The lowest BCUT2D eigenvalue weighted by Gasteiger charge is -2.30. The van der Waals surface area contributed by atoms with Crippen molar-refractivity contribution < 1.29 is 9.72 Å². The summed E-state index contributed by atoms with van der Waals surface area (Å²) in [5.74, 6) is -0.367. The second-order valence-electron chi connectivity index (χ2n) is 6.28. The van der Waals surface area contributed by atoms with Crippen LogP contribution in [0.2, 0.25) is 0 Å². The van der Waals surface area contributed by atoms with Crippen molar-refractivity contribution in [1.82, 2.24) is 4.98 Å². The number of carbonyl (C=O) groups is 1. The molecule has 0 saturated heterocycles. The quantitative estimate of drug-likeness (QED) is 0.666. The van der Waals surface area contributed by atoms with Crippen LogP contribution in [-0.4, -0.2) is 28.9 Å². The van der Waals surface area contributed by atoms with Gasteiger partial charge in [0.05, 0.1) is 4.92 Å². The number of amides is 1. The minimum absolute atomic E-state index is 0.0803. The largest absolute Gasteiger partial charge is 0.365 e. The molecule has 1 aromatic heterocycles. The molecule has 0 bridgehead atoms. The summed E-state index contributed by atoms with van der Waals surface area (Å²) in [6.07, 6.45) is 4.36. The van der Waals surface area contributed by atoms with E-state index in [-0.39, 0.29) is 29.0 Å². The smallest absolute Gasteiger partial charge is 0.324 e. The van der Waals surface area contributed by atoms with Crippen LogP contribution < -0.4 is 10.6 Å². The third-order valence-electron chi connectivity index (χ3n) is 4.89. The fraction of sp³-hybridized carbons (Fsp3) is 0.333. The van der Waals surface area contributed by atoms with Crippen molar-refractivity contribution in [3.8, 4) is 0 Å². The van der Waals surface area contributed by atoms with Crippen LogP contribution in [0.1, 0.15) is 41.1 Å². The van der Waals surface area contributed by atoms with Crippen LogP contribution in [0.5, 0.6) is 0 Å². The van der Waals surface area contributed by atoms with Crippen LogP contribution in [-0.2, 0) is 0 Å². The van der Waals surface area contributed by atoms with Gasteiger partial charge in [-0.3, -0.25) is 14.9 Å². The van der Waals surface area contributed by atoms with Gasteiger partial charge in [-0.05, 0) is 24.5 Å². The number of benzene rings is 1. The van der Waals surface area contributed by atoms with Crippen LogP contribution in [0.25, 0.3) is 0 Å². The number of nitrogens with zero attached hydrogens (tertiary/aromatic N) is 3. The fourth-order valence-electron chi connectivity index (χ4n) is 3.73. The number of nitrogens with two attached hydrogens (primary N) is 1. The molecule has 25 heavy (non-hydrogen) atoms. The van der Waals surface area contributed by atoms with Crippen molar-refractivity contribution in [1.29, 1.82) is 0 Å². The molecule has 0 radical (unpaired) electrons. The second-order valence-corrected chi connectivity index (χ2v) is 6.28. The highest BCUT2D eigenvalue weighted by molar-refractivity contribution is 5.98. The molecule has 0 spiro atoms. The van der Waals surface area contributed by atoms with Gasteiger partial charge in [0.1, 0.15) is 5.56 Å². The summed E-state index contributed by atoms with van der Waals surface area (Å²) in [5, 5.41) is 11.5. The first kappa shape index (κ1) is 16.9. The second kappa shape index (κ2) is 6.88. The zero-order valence-electron chi connectivity index (χ0n) is 14.0.